The second-order valence-corrected chi connectivity index (χ2v) is 2.72. The number of nitrogens with one attached hydrogen (secondary N) is 1. The van der Waals surface area contributed by atoms with E-state index in [4.69, 9.17) is 0 Å². The molecule has 0 aromatic heterocycles. The molecule has 0 spiro atoms. The molecule has 0 aromatic rings. The number of fused-ring (bicyclic) bond motifs is 1. The van der Waals surface area contributed by atoms with E-state index in [9.17, 15) is 4.79 Å². The molecule has 2 aliphatic rings. The molecule has 9 heavy (non-hydrogen) atoms. The Balaban J connectivity index is 2.17. The largest absolute Gasteiger partial charge is 0.350 e. The van der Waals surface area contributed by atoms with Crippen LogP contribution in [0.25, 0.3) is 0 Å². The first-order valence-electron chi connectivity index (χ1n) is 3.32. The van der Waals surface area contributed by atoms with Crippen molar-refractivity contribution in [3.63, 3.8) is 0 Å². The van der Waals surface area contributed by atoms with Gasteiger partial charge in [-0.2, -0.15) is 0 Å². The maximum absolute atomic E-state index is 10.7. The molecule has 0 bridgehead atoms. The van der Waals surface area contributed by atoms with Gasteiger partial charge in [0.2, 0.25) is 5.91 Å². The predicted molar refractivity (Wildman–Crippen MR) is 33.8 cm³/mol. The van der Waals surface area contributed by atoms with Gasteiger partial charge in [0.1, 0.15) is 0 Å². The van der Waals surface area contributed by atoms with E-state index in [2.05, 4.69) is 17.5 Å². The molecule has 1 aliphatic heterocycles. The van der Waals surface area contributed by atoms with Crippen LogP contribution in [0.1, 0.15) is 12.8 Å². The summed E-state index contributed by atoms with van der Waals surface area (Å²) in [4.78, 5) is 10.7. The molecular formula is C7H9NO. The molecule has 2 unspecified atom stereocenters. The van der Waals surface area contributed by atoms with Gasteiger partial charge >= 0.3 is 0 Å². The summed E-state index contributed by atoms with van der Waals surface area (Å²) in [5, 5.41) is 2.89. The smallest absolute Gasteiger partial charge is 0.220 e. The van der Waals surface area contributed by atoms with Crippen molar-refractivity contribution in [3.05, 3.63) is 12.2 Å². The number of hydrogen-bond acceptors (Lipinski definition) is 1. The van der Waals surface area contributed by atoms with Crippen LogP contribution in [0.3, 0.4) is 0 Å². The highest BCUT2D eigenvalue weighted by Gasteiger charge is 2.32. The number of hydrogen-bond donors (Lipinski definition) is 1. The maximum atomic E-state index is 10.7. The SMILES string of the molecule is O=C1CC2CC=CC2N1. The van der Waals surface area contributed by atoms with Gasteiger partial charge in [0.05, 0.1) is 6.04 Å². The zero-order chi connectivity index (χ0) is 6.27. The lowest BCUT2D eigenvalue weighted by molar-refractivity contribution is -0.119. The topological polar surface area (TPSA) is 29.1 Å². The second-order valence-electron chi connectivity index (χ2n) is 2.72. The Labute approximate surface area is 53.9 Å². The number of amides is 1. The first-order chi connectivity index (χ1) is 4.36. The summed E-state index contributed by atoms with van der Waals surface area (Å²) in [6, 6.07) is 0.373. The van der Waals surface area contributed by atoms with Crippen molar-refractivity contribution in [2.24, 2.45) is 5.92 Å². The number of allylic oxidation sites excluding steroid dienone is 1. The Kier molecular flexibility index (Phi) is 0.891. The van der Waals surface area contributed by atoms with Crippen molar-refractivity contribution in [2.75, 3.05) is 0 Å². The standard InChI is InChI=1S/C7H9NO/c9-7-4-5-2-1-3-6(5)8-7/h1,3,5-6H,2,4H2,(H,8,9). The van der Waals surface area contributed by atoms with Gasteiger partial charge in [-0.3, -0.25) is 4.79 Å². The minimum Gasteiger partial charge on any atom is -0.350 e. The Bertz CT molecular complexity index is 174. The van der Waals surface area contributed by atoms with Crippen LogP contribution in [0.5, 0.6) is 0 Å². The zero-order valence-electron chi connectivity index (χ0n) is 5.13. The second kappa shape index (κ2) is 1.59. The zero-order valence-corrected chi connectivity index (χ0v) is 5.13. The van der Waals surface area contributed by atoms with Gasteiger partial charge in [0.25, 0.3) is 0 Å². The molecule has 0 saturated carbocycles. The van der Waals surface area contributed by atoms with Gasteiger partial charge in [0.15, 0.2) is 0 Å². The molecule has 1 heterocycles. The molecule has 2 atom stereocenters. The monoisotopic (exact) mass is 123 g/mol. The molecule has 2 nitrogen and oxygen atoms in total. The van der Waals surface area contributed by atoms with Gasteiger partial charge in [-0.25, -0.2) is 0 Å². The first kappa shape index (κ1) is 5.03. The molecule has 1 aliphatic carbocycles. The van der Waals surface area contributed by atoms with E-state index in [-0.39, 0.29) is 5.91 Å². The van der Waals surface area contributed by atoms with Crippen molar-refractivity contribution in [1.82, 2.24) is 5.32 Å². The van der Waals surface area contributed by atoms with E-state index in [1.165, 1.54) is 0 Å². The van der Waals surface area contributed by atoms with Crippen molar-refractivity contribution < 1.29 is 4.79 Å². The Morgan fingerprint density at radius 3 is 3.33 bits per heavy atom. The van der Waals surface area contributed by atoms with Crippen LogP contribution in [0.4, 0.5) is 0 Å². The fourth-order valence-electron chi connectivity index (χ4n) is 1.56. The number of rotatable bonds is 0. The van der Waals surface area contributed by atoms with E-state index in [1.807, 2.05) is 0 Å². The summed E-state index contributed by atoms with van der Waals surface area (Å²) in [5.41, 5.74) is 0. The molecular weight excluding hydrogens is 114 g/mol. The normalized spacial score (nSPS) is 38.9. The Morgan fingerprint density at radius 1 is 1.67 bits per heavy atom. The predicted octanol–water partition coefficient (Wildman–Crippen LogP) is 0.451. The van der Waals surface area contributed by atoms with Crippen molar-refractivity contribution in [2.45, 2.75) is 18.9 Å². The molecule has 0 aromatic carbocycles. The maximum Gasteiger partial charge on any atom is 0.220 e. The van der Waals surface area contributed by atoms with E-state index in [1.54, 1.807) is 0 Å². The molecule has 2 heteroatoms. The fourth-order valence-corrected chi connectivity index (χ4v) is 1.56. The van der Waals surface area contributed by atoms with Crippen LogP contribution < -0.4 is 5.32 Å². The van der Waals surface area contributed by atoms with Gasteiger partial charge in [-0.05, 0) is 12.3 Å². The van der Waals surface area contributed by atoms with Crippen molar-refractivity contribution >= 4 is 5.91 Å². The average Bonchev–Trinajstić information content (AvgIpc) is 2.22. The summed E-state index contributed by atoms with van der Waals surface area (Å²) in [5.74, 6) is 0.798. The average molecular weight is 123 g/mol. The summed E-state index contributed by atoms with van der Waals surface area (Å²) in [6.07, 6.45) is 6.06. The third kappa shape index (κ3) is 0.661. The quantitative estimate of drug-likeness (QED) is 0.465. The molecule has 2 rings (SSSR count). The number of carbonyl (C=O) groups excluding carboxylic acids is 1. The van der Waals surface area contributed by atoms with E-state index >= 15 is 0 Å². The summed E-state index contributed by atoms with van der Waals surface area (Å²) >= 11 is 0. The van der Waals surface area contributed by atoms with Crippen LogP contribution in [-0.4, -0.2) is 11.9 Å². The molecule has 1 saturated heterocycles. The van der Waals surface area contributed by atoms with Gasteiger partial charge in [-0.1, -0.05) is 12.2 Å². The molecule has 1 fully saturated rings. The van der Waals surface area contributed by atoms with Gasteiger partial charge in [-0.15, -0.1) is 0 Å². The first-order valence-corrected chi connectivity index (χ1v) is 3.32. The summed E-state index contributed by atoms with van der Waals surface area (Å²) in [6.45, 7) is 0. The lowest BCUT2D eigenvalue weighted by Gasteiger charge is -2.03. The van der Waals surface area contributed by atoms with Crippen LogP contribution in [0.2, 0.25) is 0 Å². The lowest BCUT2D eigenvalue weighted by Crippen LogP contribution is -2.24. The fraction of sp³-hybridized carbons (Fsp3) is 0.571. The van der Waals surface area contributed by atoms with Crippen LogP contribution in [-0.2, 0) is 4.79 Å². The minimum atomic E-state index is 0.217. The highest BCUT2D eigenvalue weighted by Crippen LogP contribution is 2.26. The van der Waals surface area contributed by atoms with E-state index in [0.29, 0.717) is 12.0 Å². The summed E-state index contributed by atoms with van der Waals surface area (Å²) in [7, 11) is 0. The molecule has 48 valence electrons. The van der Waals surface area contributed by atoms with Gasteiger partial charge < -0.3 is 5.32 Å². The molecule has 1 amide bonds. The van der Waals surface area contributed by atoms with Crippen LogP contribution in [0, 0.1) is 5.92 Å². The van der Waals surface area contributed by atoms with Crippen molar-refractivity contribution in [1.29, 1.82) is 0 Å². The summed E-state index contributed by atoms with van der Waals surface area (Å²) < 4.78 is 0. The van der Waals surface area contributed by atoms with Gasteiger partial charge in [0, 0.05) is 6.42 Å². The highest BCUT2D eigenvalue weighted by atomic mass is 16.1. The minimum absolute atomic E-state index is 0.217. The van der Waals surface area contributed by atoms with Crippen LogP contribution >= 0.6 is 0 Å². The Hall–Kier alpha value is -0.790. The highest BCUT2D eigenvalue weighted by molar-refractivity contribution is 5.79. The Morgan fingerprint density at radius 2 is 2.56 bits per heavy atom. The lowest BCUT2D eigenvalue weighted by atomic mass is 10.0. The third-order valence-electron chi connectivity index (χ3n) is 2.07. The number of carbonyl (C=O) groups is 1. The van der Waals surface area contributed by atoms with Crippen LogP contribution in [0.15, 0.2) is 12.2 Å². The molecule has 1 N–H and O–H groups in total. The molecule has 0 radical (unpaired) electrons. The van der Waals surface area contributed by atoms with E-state index < -0.39 is 0 Å². The third-order valence-corrected chi connectivity index (χ3v) is 2.07. The van der Waals surface area contributed by atoms with Crippen molar-refractivity contribution in [3.8, 4) is 0 Å². The van der Waals surface area contributed by atoms with E-state index in [0.717, 1.165) is 12.8 Å².